The molecule has 2 aliphatic rings. The Morgan fingerprint density at radius 1 is 1.00 bits per heavy atom. The molecule has 3 nitrogen and oxygen atoms in total. The molecule has 2 aliphatic heterocycles. The van der Waals surface area contributed by atoms with Crippen LogP contribution in [0.3, 0.4) is 0 Å². The Labute approximate surface area is 186 Å². The zero-order valence-electron chi connectivity index (χ0n) is 18.1. The third-order valence-electron chi connectivity index (χ3n) is 6.59. The summed E-state index contributed by atoms with van der Waals surface area (Å²) in [4.78, 5) is 3.76. The Hall–Kier alpha value is -1.96. The predicted molar refractivity (Wildman–Crippen MR) is 116 cm³/mol. The van der Waals surface area contributed by atoms with Crippen molar-refractivity contribution in [1.82, 2.24) is 9.80 Å². The highest BCUT2D eigenvalue weighted by Crippen LogP contribution is 2.37. The second kappa shape index (κ2) is 9.89. The summed E-state index contributed by atoms with van der Waals surface area (Å²) < 4.78 is 52.4. The monoisotopic (exact) mass is 450 g/mol. The van der Waals surface area contributed by atoms with E-state index in [4.69, 9.17) is 0 Å². The maximum atomic E-state index is 13.3. The van der Waals surface area contributed by atoms with Crippen LogP contribution >= 0.6 is 0 Å². The molecule has 0 saturated carbocycles. The molecule has 4 rings (SSSR count). The van der Waals surface area contributed by atoms with Gasteiger partial charge in [-0.2, -0.15) is 13.2 Å². The predicted octanol–water partition coefficient (Wildman–Crippen LogP) is 4.52. The summed E-state index contributed by atoms with van der Waals surface area (Å²) in [5, 5.41) is 9.43. The number of rotatable bonds is 8. The number of hydrogen-bond donors (Lipinski definition) is 1. The van der Waals surface area contributed by atoms with Crippen LogP contribution < -0.4 is 0 Å². The van der Waals surface area contributed by atoms with Gasteiger partial charge in [-0.15, -0.1) is 0 Å². The first kappa shape index (κ1) is 23.2. The number of aliphatic hydroxyl groups is 1. The molecule has 0 radical (unpaired) electrons. The average Bonchev–Trinajstić information content (AvgIpc) is 2.74. The number of aryl methyl sites for hydroxylation is 1. The van der Waals surface area contributed by atoms with Crippen LogP contribution in [0.5, 0.6) is 0 Å². The minimum atomic E-state index is -4.27. The standard InChI is InChI=1S/C25H30F4N2O/c26-13-20-14-30(15-20)10-1-2-18-3-6-21(7-4-18)24-23-8-5-19(16-32)12-22(23)9-11-31(24)17-25(27,28)29/h3-8,12,20,24,32H,1-2,9-11,13-17H2. The fourth-order valence-corrected chi connectivity index (χ4v) is 4.95. The van der Waals surface area contributed by atoms with Crippen molar-refractivity contribution in [3.05, 3.63) is 70.3 Å². The summed E-state index contributed by atoms with van der Waals surface area (Å²) in [6.07, 6.45) is -1.86. The van der Waals surface area contributed by atoms with Gasteiger partial charge in [-0.1, -0.05) is 42.5 Å². The lowest BCUT2D eigenvalue weighted by molar-refractivity contribution is -0.150. The van der Waals surface area contributed by atoms with E-state index in [0.29, 0.717) is 13.0 Å². The van der Waals surface area contributed by atoms with Crippen molar-refractivity contribution < 1.29 is 22.7 Å². The average molecular weight is 451 g/mol. The van der Waals surface area contributed by atoms with Crippen LogP contribution in [-0.2, 0) is 19.4 Å². The molecule has 0 aliphatic carbocycles. The first-order valence-electron chi connectivity index (χ1n) is 11.3. The van der Waals surface area contributed by atoms with Gasteiger partial charge in [-0.05, 0) is 53.6 Å². The van der Waals surface area contributed by atoms with Crippen LogP contribution in [0.25, 0.3) is 0 Å². The lowest BCUT2D eigenvalue weighted by Gasteiger charge is -2.38. The van der Waals surface area contributed by atoms with E-state index in [0.717, 1.165) is 60.3 Å². The fraction of sp³-hybridized carbons (Fsp3) is 0.520. The van der Waals surface area contributed by atoms with Gasteiger partial charge >= 0.3 is 6.18 Å². The van der Waals surface area contributed by atoms with Gasteiger partial charge in [0.05, 0.1) is 25.9 Å². The zero-order valence-corrected chi connectivity index (χ0v) is 18.1. The third-order valence-corrected chi connectivity index (χ3v) is 6.59. The van der Waals surface area contributed by atoms with E-state index in [9.17, 15) is 22.7 Å². The number of benzene rings is 2. The molecular weight excluding hydrogens is 420 g/mol. The molecule has 0 amide bonds. The maximum Gasteiger partial charge on any atom is 0.401 e. The Kier molecular flexibility index (Phi) is 7.17. The van der Waals surface area contributed by atoms with Crippen LogP contribution in [-0.4, -0.2) is 60.5 Å². The molecule has 1 N–H and O–H groups in total. The Balaban J connectivity index is 1.47. The van der Waals surface area contributed by atoms with Crippen LogP contribution in [0, 0.1) is 5.92 Å². The summed E-state index contributed by atoms with van der Waals surface area (Å²) in [7, 11) is 0. The number of likely N-dealkylation sites (tertiary alicyclic amines) is 1. The van der Waals surface area contributed by atoms with E-state index in [1.807, 2.05) is 36.4 Å². The Morgan fingerprint density at radius 2 is 1.72 bits per heavy atom. The van der Waals surface area contributed by atoms with Crippen LogP contribution in [0.4, 0.5) is 17.6 Å². The van der Waals surface area contributed by atoms with Gasteiger partial charge in [-0.3, -0.25) is 9.29 Å². The van der Waals surface area contributed by atoms with Gasteiger partial charge in [0.1, 0.15) is 0 Å². The maximum absolute atomic E-state index is 13.3. The number of fused-ring (bicyclic) bond motifs is 1. The van der Waals surface area contributed by atoms with Crippen molar-refractivity contribution in [2.24, 2.45) is 5.92 Å². The second-order valence-electron chi connectivity index (χ2n) is 9.05. The van der Waals surface area contributed by atoms with Crippen LogP contribution in [0.1, 0.15) is 40.3 Å². The first-order valence-corrected chi connectivity index (χ1v) is 11.3. The molecule has 1 saturated heterocycles. The molecule has 0 spiro atoms. The zero-order chi connectivity index (χ0) is 22.7. The molecule has 32 heavy (non-hydrogen) atoms. The van der Waals surface area contributed by atoms with Gasteiger partial charge in [0.25, 0.3) is 0 Å². The number of halogens is 4. The molecule has 0 aromatic heterocycles. The number of alkyl halides is 4. The molecule has 0 bridgehead atoms. The molecule has 174 valence electrons. The number of hydrogen-bond acceptors (Lipinski definition) is 3. The van der Waals surface area contributed by atoms with E-state index < -0.39 is 18.8 Å². The summed E-state index contributed by atoms with van der Waals surface area (Å²) in [6.45, 7) is 1.67. The number of nitrogens with zero attached hydrogens (tertiary/aromatic N) is 2. The molecule has 2 aromatic rings. The van der Waals surface area contributed by atoms with Gasteiger partial charge in [0, 0.05) is 25.6 Å². The summed E-state index contributed by atoms with van der Waals surface area (Å²) in [5.74, 6) is 0.195. The normalized spacial score (nSPS) is 20.2. The second-order valence-corrected chi connectivity index (χ2v) is 9.05. The largest absolute Gasteiger partial charge is 0.401 e. The molecule has 1 atom stereocenters. The van der Waals surface area contributed by atoms with Crippen LogP contribution in [0.15, 0.2) is 42.5 Å². The van der Waals surface area contributed by atoms with E-state index in [1.165, 1.54) is 4.90 Å². The third kappa shape index (κ3) is 5.50. The van der Waals surface area contributed by atoms with Crippen molar-refractivity contribution in [3.63, 3.8) is 0 Å². The lowest BCUT2D eigenvalue weighted by atomic mass is 9.86. The smallest absolute Gasteiger partial charge is 0.392 e. The summed E-state index contributed by atoms with van der Waals surface area (Å²) >= 11 is 0. The Morgan fingerprint density at radius 3 is 2.38 bits per heavy atom. The highest BCUT2D eigenvalue weighted by molar-refractivity contribution is 5.42. The van der Waals surface area contributed by atoms with Gasteiger partial charge in [0.15, 0.2) is 0 Å². The summed E-state index contributed by atoms with van der Waals surface area (Å²) in [6, 6.07) is 13.0. The quantitative estimate of drug-likeness (QED) is 0.599. The van der Waals surface area contributed by atoms with Crippen molar-refractivity contribution in [1.29, 1.82) is 0 Å². The fourth-order valence-electron chi connectivity index (χ4n) is 4.95. The summed E-state index contributed by atoms with van der Waals surface area (Å²) in [5.41, 5.74) is 4.67. The van der Waals surface area contributed by atoms with Gasteiger partial charge in [0.2, 0.25) is 0 Å². The first-order chi connectivity index (χ1) is 15.4. The molecule has 2 heterocycles. The lowest BCUT2D eigenvalue weighted by Crippen LogP contribution is -2.47. The minimum absolute atomic E-state index is 0.0786. The molecular formula is C25H30F4N2O. The Bertz CT molecular complexity index is 894. The van der Waals surface area contributed by atoms with E-state index in [-0.39, 0.29) is 19.2 Å². The van der Waals surface area contributed by atoms with E-state index >= 15 is 0 Å². The van der Waals surface area contributed by atoms with Gasteiger partial charge in [-0.25, -0.2) is 0 Å². The van der Waals surface area contributed by atoms with Crippen LogP contribution in [0.2, 0.25) is 0 Å². The SMILES string of the molecule is OCc1ccc2c(c1)CCN(CC(F)(F)F)C2c1ccc(CCCN2CC(CF)C2)cc1. The van der Waals surface area contributed by atoms with E-state index in [1.54, 1.807) is 6.07 Å². The highest BCUT2D eigenvalue weighted by Gasteiger charge is 2.37. The molecule has 1 fully saturated rings. The topological polar surface area (TPSA) is 26.7 Å². The highest BCUT2D eigenvalue weighted by atomic mass is 19.4. The van der Waals surface area contributed by atoms with Crippen molar-refractivity contribution in [2.75, 3.05) is 39.4 Å². The van der Waals surface area contributed by atoms with Crippen molar-refractivity contribution in [3.8, 4) is 0 Å². The van der Waals surface area contributed by atoms with Gasteiger partial charge < -0.3 is 10.0 Å². The minimum Gasteiger partial charge on any atom is -0.392 e. The van der Waals surface area contributed by atoms with Crippen molar-refractivity contribution >= 4 is 0 Å². The van der Waals surface area contributed by atoms with Crippen molar-refractivity contribution in [2.45, 2.75) is 38.1 Å². The molecule has 1 unspecified atom stereocenters. The molecule has 2 aromatic carbocycles. The molecule has 7 heteroatoms. The number of aliphatic hydroxyl groups excluding tert-OH is 1. The van der Waals surface area contributed by atoms with E-state index in [2.05, 4.69) is 4.90 Å².